The Hall–Kier alpha value is -2.39. The van der Waals surface area contributed by atoms with Crippen LogP contribution in [-0.4, -0.2) is 43.8 Å². The Balaban J connectivity index is 1.91. The maximum Gasteiger partial charge on any atom is 0.337 e. The number of carbonyl (C=O) groups excluding carboxylic acids is 1. The lowest BCUT2D eigenvalue weighted by atomic mass is 10.2. The number of aryl methyl sites for hydroxylation is 1. The topological polar surface area (TPSA) is 77.2 Å². The minimum Gasteiger partial charge on any atom is -0.341 e. The Morgan fingerprint density at radius 2 is 1.86 bits per heavy atom. The van der Waals surface area contributed by atoms with Crippen LogP contribution in [0.2, 0.25) is 0 Å². The van der Waals surface area contributed by atoms with Crippen molar-refractivity contribution in [3.05, 3.63) is 50.7 Å². The van der Waals surface area contributed by atoms with E-state index in [0.29, 0.717) is 29.1 Å². The van der Waals surface area contributed by atoms with Gasteiger partial charge in [0.1, 0.15) is 11.2 Å². The van der Waals surface area contributed by atoms with Crippen LogP contribution in [0.3, 0.4) is 0 Å². The van der Waals surface area contributed by atoms with Crippen molar-refractivity contribution in [1.29, 1.82) is 0 Å². The Kier molecular flexibility index (Phi) is 5.60. The third kappa shape index (κ3) is 3.76. The molecule has 0 spiro atoms. The summed E-state index contributed by atoms with van der Waals surface area (Å²) in [6.45, 7) is 5.26. The van der Waals surface area contributed by atoms with Gasteiger partial charge in [-0.05, 0) is 37.7 Å². The fourth-order valence-electron chi connectivity index (χ4n) is 3.47. The second-order valence-corrected chi connectivity index (χ2v) is 9.51. The maximum atomic E-state index is 13.3. The van der Waals surface area contributed by atoms with E-state index in [1.165, 1.54) is 27.7 Å². The van der Waals surface area contributed by atoms with Crippen LogP contribution in [-0.2, 0) is 11.3 Å². The fraction of sp³-hybridized carbons (Fsp3) is 0.400. The highest BCUT2D eigenvalue weighted by Gasteiger charge is 2.23. The summed E-state index contributed by atoms with van der Waals surface area (Å²) in [6, 6.07) is 7.21. The van der Waals surface area contributed by atoms with E-state index >= 15 is 0 Å². The van der Waals surface area contributed by atoms with Crippen LogP contribution in [0.5, 0.6) is 0 Å². The summed E-state index contributed by atoms with van der Waals surface area (Å²) >= 11 is 2.80. The quantitative estimate of drug-likeness (QED) is 0.582. The van der Waals surface area contributed by atoms with E-state index in [0.717, 1.165) is 33.1 Å². The summed E-state index contributed by atoms with van der Waals surface area (Å²) in [4.78, 5) is 45.5. The van der Waals surface area contributed by atoms with E-state index in [1.807, 2.05) is 26.0 Å². The van der Waals surface area contributed by atoms with Gasteiger partial charge in [-0.2, -0.15) is 0 Å². The minimum atomic E-state index is -0.530. The fourth-order valence-corrected chi connectivity index (χ4v) is 5.44. The SMILES string of the molecule is CCSc1nc2c(s1)c(=O)n(-c1ccc(C)cc1)c(=O)n2CC(=O)N1CCCC1. The van der Waals surface area contributed by atoms with Crippen molar-refractivity contribution in [3.8, 4) is 5.69 Å². The molecule has 29 heavy (non-hydrogen) atoms. The second kappa shape index (κ2) is 8.16. The van der Waals surface area contributed by atoms with Gasteiger partial charge in [0.25, 0.3) is 5.56 Å². The van der Waals surface area contributed by atoms with Gasteiger partial charge in [0.15, 0.2) is 9.99 Å². The zero-order chi connectivity index (χ0) is 20.5. The van der Waals surface area contributed by atoms with E-state index in [9.17, 15) is 14.4 Å². The van der Waals surface area contributed by atoms with E-state index in [2.05, 4.69) is 4.98 Å². The molecule has 152 valence electrons. The van der Waals surface area contributed by atoms with Crippen molar-refractivity contribution >= 4 is 39.4 Å². The van der Waals surface area contributed by atoms with Gasteiger partial charge in [-0.1, -0.05) is 36.4 Å². The first-order valence-electron chi connectivity index (χ1n) is 9.63. The average molecular weight is 431 g/mol. The summed E-state index contributed by atoms with van der Waals surface area (Å²) in [5.41, 5.74) is 0.910. The molecule has 0 unspecified atom stereocenters. The molecule has 2 aromatic heterocycles. The first kappa shape index (κ1) is 19.9. The lowest BCUT2D eigenvalue weighted by Crippen LogP contribution is -2.42. The molecule has 1 aliphatic rings. The predicted octanol–water partition coefficient (Wildman–Crippen LogP) is 2.65. The molecule has 0 bridgehead atoms. The normalized spacial score (nSPS) is 14.1. The molecule has 4 rings (SSSR count). The maximum absolute atomic E-state index is 13.3. The van der Waals surface area contributed by atoms with Crippen LogP contribution in [0.1, 0.15) is 25.3 Å². The first-order chi connectivity index (χ1) is 14.0. The minimum absolute atomic E-state index is 0.110. The smallest absolute Gasteiger partial charge is 0.337 e. The zero-order valence-corrected chi connectivity index (χ0v) is 18.0. The van der Waals surface area contributed by atoms with Gasteiger partial charge in [-0.3, -0.25) is 14.2 Å². The number of hydrogen-bond acceptors (Lipinski definition) is 6. The number of likely N-dealkylation sites (tertiary alicyclic amines) is 1. The Labute approximate surface area is 176 Å². The molecular weight excluding hydrogens is 408 g/mol. The molecular formula is C20H22N4O3S2. The molecule has 0 atom stereocenters. The molecule has 1 amide bonds. The number of amides is 1. The first-order valence-corrected chi connectivity index (χ1v) is 11.4. The molecule has 9 heteroatoms. The second-order valence-electron chi connectivity index (χ2n) is 7.00. The summed E-state index contributed by atoms with van der Waals surface area (Å²) < 4.78 is 3.63. The summed E-state index contributed by atoms with van der Waals surface area (Å²) in [7, 11) is 0. The van der Waals surface area contributed by atoms with Crippen LogP contribution in [0.4, 0.5) is 0 Å². The van der Waals surface area contributed by atoms with Gasteiger partial charge in [0, 0.05) is 13.1 Å². The van der Waals surface area contributed by atoms with Crippen molar-refractivity contribution in [2.45, 2.75) is 37.6 Å². The van der Waals surface area contributed by atoms with Gasteiger partial charge in [0.05, 0.1) is 5.69 Å². The number of thiazole rings is 1. The van der Waals surface area contributed by atoms with Crippen molar-refractivity contribution in [3.63, 3.8) is 0 Å². The van der Waals surface area contributed by atoms with Gasteiger partial charge >= 0.3 is 5.69 Å². The molecule has 0 saturated carbocycles. The molecule has 3 heterocycles. The highest BCUT2D eigenvalue weighted by atomic mass is 32.2. The van der Waals surface area contributed by atoms with Crippen molar-refractivity contribution in [2.24, 2.45) is 0 Å². The van der Waals surface area contributed by atoms with Gasteiger partial charge < -0.3 is 4.90 Å². The number of nitrogens with zero attached hydrogens (tertiary/aromatic N) is 4. The number of fused-ring (bicyclic) bond motifs is 1. The number of benzene rings is 1. The molecule has 7 nitrogen and oxygen atoms in total. The molecule has 0 radical (unpaired) electrons. The number of aromatic nitrogens is 3. The molecule has 1 aromatic carbocycles. The Bertz CT molecular complexity index is 1170. The van der Waals surface area contributed by atoms with E-state index in [1.54, 1.807) is 17.0 Å². The third-order valence-corrected chi connectivity index (χ3v) is 7.03. The molecule has 3 aromatic rings. The van der Waals surface area contributed by atoms with Crippen LogP contribution in [0.25, 0.3) is 16.0 Å². The molecule has 0 aliphatic carbocycles. The highest BCUT2D eigenvalue weighted by Crippen LogP contribution is 2.27. The van der Waals surface area contributed by atoms with Gasteiger partial charge in [0.2, 0.25) is 5.91 Å². The molecule has 1 fully saturated rings. The number of thioether (sulfide) groups is 1. The predicted molar refractivity (Wildman–Crippen MR) is 116 cm³/mol. The van der Waals surface area contributed by atoms with Crippen molar-refractivity contribution in [2.75, 3.05) is 18.8 Å². The summed E-state index contributed by atoms with van der Waals surface area (Å²) in [5, 5.41) is 0. The van der Waals surface area contributed by atoms with E-state index in [4.69, 9.17) is 0 Å². The van der Waals surface area contributed by atoms with Crippen molar-refractivity contribution in [1.82, 2.24) is 19.0 Å². The van der Waals surface area contributed by atoms with E-state index in [-0.39, 0.29) is 18.0 Å². The summed E-state index contributed by atoms with van der Waals surface area (Å²) in [5.74, 6) is 0.695. The summed E-state index contributed by atoms with van der Waals surface area (Å²) in [6.07, 6.45) is 1.96. The number of rotatable bonds is 5. The third-order valence-electron chi connectivity index (χ3n) is 4.98. The van der Waals surface area contributed by atoms with Gasteiger partial charge in [-0.25, -0.2) is 14.3 Å². The highest BCUT2D eigenvalue weighted by molar-refractivity contribution is 8.01. The average Bonchev–Trinajstić information content (AvgIpc) is 3.37. The number of hydrogen-bond donors (Lipinski definition) is 0. The molecule has 1 aliphatic heterocycles. The molecule has 0 N–H and O–H groups in total. The van der Waals surface area contributed by atoms with Crippen LogP contribution >= 0.6 is 23.1 Å². The van der Waals surface area contributed by atoms with Crippen LogP contribution in [0, 0.1) is 6.92 Å². The Morgan fingerprint density at radius 1 is 1.17 bits per heavy atom. The van der Waals surface area contributed by atoms with Gasteiger partial charge in [-0.15, -0.1) is 11.3 Å². The zero-order valence-electron chi connectivity index (χ0n) is 16.4. The van der Waals surface area contributed by atoms with Crippen LogP contribution in [0.15, 0.2) is 38.2 Å². The van der Waals surface area contributed by atoms with Crippen molar-refractivity contribution < 1.29 is 4.79 Å². The molecule has 1 saturated heterocycles. The lowest BCUT2D eigenvalue weighted by Gasteiger charge is -2.17. The largest absolute Gasteiger partial charge is 0.341 e. The van der Waals surface area contributed by atoms with E-state index < -0.39 is 5.69 Å². The Morgan fingerprint density at radius 3 is 2.52 bits per heavy atom. The lowest BCUT2D eigenvalue weighted by molar-refractivity contribution is -0.130. The standard InChI is InChI=1S/C20H22N4O3S2/c1-3-28-19-21-17-16(29-19)18(26)24(14-8-6-13(2)7-9-14)20(27)23(17)12-15(25)22-10-4-5-11-22/h6-9H,3-5,10-12H2,1-2H3. The van der Waals surface area contributed by atoms with Crippen LogP contribution < -0.4 is 11.2 Å². The monoisotopic (exact) mass is 430 g/mol. The number of carbonyl (C=O) groups is 1.